The molecule has 118 valence electrons. The fraction of sp³-hybridized carbons (Fsp3) is 0.375. The molecule has 1 aromatic carbocycles. The normalized spacial score (nSPS) is 12.1. The fourth-order valence-corrected chi connectivity index (χ4v) is 2.62. The average Bonchev–Trinajstić information content (AvgIpc) is 2.91. The van der Waals surface area contributed by atoms with Crippen LogP contribution in [0, 0.1) is 0 Å². The van der Waals surface area contributed by atoms with Crippen molar-refractivity contribution in [2.45, 2.75) is 19.9 Å². The molecule has 1 N–H and O–H groups in total. The molecule has 0 aliphatic carbocycles. The molecule has 5 nitrogen and oxygen atoms in total. The number of hydrogen-bond donors (Lipinski definition) is 1. The summed E-state index contributed by atoms with van der Waals surface area (Å²) in [6.45, 7) is 3.98. The lowest BCUT2D eigenvalue weighted by molar-refractivity contribution is -0.139. The molecule has 2 rings (SSSR count). The Morgan fingerprint density at radius 3 is 2.82 bits per heavy atom. The highest BCUT2D eigenvalue weighted by Gasteiger charge is 2.14. The van der Waals surface area contributed by atoms with Crippen molar-refractivity contribution in [3.05, 3.63) is 36.1 Å². The van der Waals surface area contributed by atoms with Crippen molar-refractivity contribution in [2.75, 3.05) is 18.1 Å². The zero-order valence-electron chi connectivity index (χ0n) is 12.6. The van der Waals surface area contributed by atoms with E-state index in [1.54, 1.807) is 6.92 Å². The van der Waals surface area contributed by atoms with E-state index in [-0.39, 0.29) is 29.4 Å². The van der Waals surface area contributed by atoms with Crippen molar-refractivity contribution in [3.63, 3.8) is 0 Å². The predicted octanol–water partition coefficient (Wildman–Crippen LogP) is 2.91. The molecule has 0 aliphatic rings. The maximum Gasteiger partial charge on any atom is 0.315 e. The number of amides is 1. The Hall–Kier alpha value is -1.95. The van der Waals surface area contributed by atoms with Gasteiger partial charge < -0.3 is 14.5 Å². The number of fused-ring (bicyclic) bond motifs is 1. The van der Waals surface area contributed by atoms with Gasteiger partial charge in [-0.25, -0.2) is 0 Å². The van der Waals surface area contributed by atoms with Gasteiger partial charge in [0.1, 0.15) is 11.3 Å². The van der Waals surface area contributed by atoms with Crippen LogP contribution >= 0.6 is 11.8 Å². The van der Waals surface area contributed by atoms with E-state index in [4.69, 9.17) is 9.15 Å². The molecule has 0 spiro atoms. The van der Waals surface area contributed by atoms with Crippen LogP contribution in [-0.4, -0.2) is 30.0 Å². The van der Waals surface area contributed by atoms with Gasteiger partial charge in [0.05, 0.1) is 24.2 Å². The molecule has 1 atom stereocenters. The first-order valence-electron chi connectivity index (χ1n) is 7.11. The van der Waals surface area contributed by atoms with E-state index >= 15 is 0 Å². The Kier molecular flexibility index (Phi) is 5.89. The first-order chi connectivity index (χ1) is 10.6. The SMILES string of the molecule is CCOC(=O)CSCC(=O)N[C@@H](C)c1cc2ccccc2o1. The molecular weight excluding hydrogens is 302 g/mol. The summed E-state index contributed by atoms with van der Waals surface area (Å²) in [7, 11) is 0. The Bertz CT molecular complexity index is 619. The van der Waals surface area contributed by atoms with Gasteiger partial charge in [-0.05, 0) is 26.0 Å². The Morgan fingerprint density at radius 2 is 2.09 bits per heavy atom. The van der Waals surface area contributed by atoms with Crippen LogP contribution in [-0.2, 0) is 14.3 Å². The Labute approximate surface area is 133 Å². The van der Waals surface area contributed by atoms with E-state index in [0.29, 0.717) is 12.4 Å². The highest BCUT2D eigenvalue weighted by molar-refractivity contribution is 8.00. The van der Waals surface area contributed by atoms with Gasteiger partial charge in [0.2, 0.25) is 5.91 Å². The standard InChI is InChI=1S/C16H19NO4S/c1-3-20-16(19)10-22-9-15(18)17-11(2)14-8-12-6-4-5-7-13(12)21-14/h4-8,11H,3,9-10H2,1-2H3,(H,17,18)/t11-/m0/s1. The lowest BCUT2D eigenvalue weighted by Gasteiger charge is -2.11. The second kappa shape index (κ2) is 7.89. The summed E-state index contributed by atoms with van der Waals surface area (Å²) in [5.74, 6) is 0.668. The summed E-state index contributed by atoms with van der Waals surface area (Å²) < 4.78 is 10.5. The van der Waals surface area contributed by atoms with Crippen LogP contribution in [0.1, 0.15) is 25.6 Å². The fourth-order valence-electron chi connectivity index (χ4n) is 2.00. The van der Waals surface area contributed by atoms with Crippen LogP contribution in [0.2, 0.25) is 0 Å². The molecule has 1 heterocycles. The number of carbonyl (C=O) groups excluding carboxylic acids is 2. The van der Waals surface area contributed by atoms with Crippen molar-refractivity contribution in [1.82, 2.24) is 5.32 Å². The molecule has 1 aromatic heterocycles. The number of thioether (sulfide) groups is 1. The predicted molar refractivity (Wildman–Crippen MR) is 86.7 cm³/mol. The number of carbonyl (C=O) groups is 2. The zero-order chi connectivity index (χ0) is 15.9. The number of benzene rings is 1. The first kappa shape index (κ1) is 16.4. The molecule has 0 saturated carbocycles. The minimum absolute atomic E-state index is 0.137. The molecule has 0 bridgehead atoms. The summed E-state index contributed by atoms with van der Waals surface area (Å²) in [6.07, 6.45) is 0. The van der Waals surface area contributed by atoms with Gasteiger partial charge in [-0.15, -0.1) is 11.8 Å². The summed E-state index contributed by atoms with van der Waals surface area (Å²) in [6, 6.07) is 9.41. The first-order valence-corrected chi connectivity index (χ1v) is 8.26. The quantitative estimate of drug-likeness (QED) is 0.794. The van der Waals surface area contributed by atoms with Crippen molar-refractivity contribution in [3.8, 4) is 0 Å². The molecule has 1 amide bonds. The van der Waals surface area contributed by atoms with Crippen LogP contribution in [0.25, 0.3) is 11.0 Å². The molecule has 6 heteroatoms. The number of ether oxygens (including phenoxy) is 1. The minimum atomic E-state index is -0.300. The largest absolute Gasteiger partial charge is 0.465 e. The minimum Gasteiger partial charge on any atom is -0.465 e. The van der Waals surface area contributed by atoms with Crippen LogP contribution < -0.4 is 5.32 Å². The highest BCUT2D eigenvalue weighted by atomic mass is 32.2. The monoisotopic (exact) mass is 321 g/mol. The Balaban J connectivity index is 1.82. The number of hydrogen-bond acceptors (Lipinski definition) is 5. The van der Waals surface area contributed by atoms with Crippen molar-refractivity contribution in [2.24, 2.45) is 0 Å². The summed E-state index contributed by atoms with van der Waals surface area (Å²) >= 11 is 1.23. The van der Waals surface area contributed by atoms with Crippen LogP contribution in [0.4, 0.5) is 0 Å². The van der Waals surface area contributed by atoms with Gasteiger partial charge in [0, 0.05) is 5.39 Å². The third-order valence-electron chi connectivity index (χ3n) is 3.01. The molecule has 0 fully saturated rings. The van der Waals surface area contributed by atoms with E-state index in [0.717, 1.165) is 11.0 Å². The number of furan rings is 1. The molecular formula is C16H19NO4S. The summed E-state index contributed by atoms with van der Waals surface area (Å²) in [5, 5.41) is 3.87. The smallest absolute Gasteiger partial charge is 0.315 e. The summed E-state index contributed by atoms with van der Waals surface area (Å²) in [5.41, 5.74) is 0.801. The Morgan fingerprint density at radius 1 is 1.32 bits per heavy atom. The number of rotatable bonds is 7. The van der Waals surface area contributed by atoms with Crippen LogP contribution in [0.3, 0.4) is 0 Å². The third kappa shape index (κ3) is 4.53. The van der Waals surface area contributed by atoms with Gasteiger partial charge in [-0.2, -0.15) is 0 Å². The molecule has 2 aromatic rings. The molecule has 22 heavy (non-hydrogen) atoms. The second-order valence-electron chi connectivity index (χ2n) is 4.77. The molecule has 0 radical (unpaired) electrons. The maximum atomic E-state index is 11.9. The summed E-state index contributed by atoms with van der Waals surface area (Å²) in [4.78, 5) is 23.0. The van der Waals surface area contributed by atoms with Gasteiger partial charge in [0.25, 0.3) is 0 Å². The van der Waals surface area contributed by atoms with E-state index in [1.807, 2.05) is 37.3 Å². The molecule has 0 aliphatic heterocycles. The second-order valence-corrected chi connectivity index (χ2v) is 5.76. The van der Waals surface area contributed by atoms with E-state index in [2.05, 4.69) is 5.32 Å². The van der Waals surface area contributed by atoms with E-state index < -0.39 is 0 Å². The van der Waals surface area contributed by atoms with E-state index in [9.17, 15) is 9.59 Å². The van der Waals surface area contributed by atoms with Crippen LogP contribution in [0.15, 0.2) is 34.7 Å². The highest BCUT2D eigenvalue weighted by Crippen LogP contribution is 2.23. The maximum absolute atomic E-state index is 11.9. The van der Waals surface area contributed by atoms with Crippen molar-refractivity contribution < 1.29 is 18.7 Å². The van der Waals surface area contributed by atoms with Crippen molar-refractivity contribution in [1.29, 1.82) is 0 Å². The average molecular weight is 321 g/mol. The van der Waals surface area contributed by atoms with E-state index in [1.165, 1.54) is 11.8 Å². The molecule has 0 saturated heterocycles. The third-order valence-corrected chi connectivity index (χ3v) is 3.91. The number of esters is 1. The zero-order valence-corrected chi connectivity index (χ0v) is 13.4. The lowest BCUT2D eigenvalue weighted by atomic mass is 10.2. The van der Waals surface area contributed by atoms with Gasteiger partial charge in [-0.1, -0.05) is 18.2 Å². The van der Waals surface area contributed by atoms with Crippen molar-refractivity contribution >= 4 is 34.6 Å². The topological polar surface area (TPSA) is 68.5 Å². The number of para-hydroxylation sites is 1. The molecule has 0 unspecified atom stereocenters. The van der Waals surface area contributed by atoms with Gasteiger partial charge >= 0.3 is 5.97 Å². The number of nitrogens with one attached hydrogen (secondary N) is 1. The van der Waals surface area contributed by atoms with Crippen LogP contribution in [0.5, 0.6) is 0 Å². The lowest BCUT2D eigenvalue weighted by Crippen LogP contribution is -2.28. The van der Waals surface area contributed by atoms with Gasteiger partial charge in [-0.3, -0.25) is 9.59 Å². The van der Waals surface area contributed by atoms with Gasteiger partial charge in [0.15, 0.2) is 0 Å².